The number of hydrogen-bond acceptors (Lipinski definition) is 8. The minimum Gasteiger partial charge on any atom is -0.377 e. The molecule has 174 valence electrons. The Kier molecular flexibility index (Phi) is 6.19. The predicted octanol–water partition coefficient (Wildman–Crippen LogP) is 0.114. The quantitative estimate of drug-likeness (QED) is 0.640. The third-order valence-electron chi connectivity index (χ3n) is 5.49. The van der Waals surface area contributed by atoms with Crippen LogP contribution < -0.4 is 15.4 Å². The molecule has 0 aromatic carbocycles. The Labute approximate surface area is 186 Å². The number of rotatable bonds is 3. The van der Waals surface area contributed by atoms with Crippen LogP contribution in [0.4, 0.5) is 24.9 Å². The highest BCUT2D eigenvalue weighted by Gasteiger charge is 2.36. The monoisotopic (exact) mass is 463 g/mol. The van der Waals surface area contributed by atoms with Gasteiger partial charge in [-0.1, -0.05) is 5.92 Å². The molecule has 2 aromatic rings. The van der Waals surface area contributed by atoms with Crippen molar-refractivity contribution in [3.05, 3.63) is 39.9 Å². The van der Waals surface area contributed by atoms with Gasteiger partial charge >= 0.3 is 6.18 Å². The standard InChI is InChI=1S/C20H20F3N7O3/c1-2-13-9-16(26-27-17(13)31)30-7-8-33-12-15(30)18(32)28-3-5-29(6-4-28)19-24-10-14(11-25-19)20(21,22)23/h1,9-11,15H,3-8,12H2,(H,27,31). The zero-order valence-corrected chi connectivity index (χ0v) is 17.4. The summed E-state index contributed by atoms with van der Waals surface area (Å²) in [5, 5.41) is 6.37. The molecular weight excluding hydrogens is 443 g/mol. The van der Waals surface area contributed by atoms with E-state index in [-0.39, 0.29) is 24.0 Å². The SMILES string of the molecule is C#Cc1cc(N2CCOCC2C(=O)N2CCN(c3ncc(C(F)(F)F)cn3)CC2)n[nH]c1=O. The van der Waals surface area contributed by atoms with Crippen molar-refractivity contribution in [3.8, 4) is 12.3 Å². The van der Waals surface area contributed by atoms with Gasteiger partial charge in [-0.2, -0.15) is 18.3 Å². The van der Waals surface area contributed by atoms with Crippen LogP contribution in [-0.4, -0.2) is 83.0 Å². The number of anilines is 2. The van der Waals surface area contributed by atoms with Crippen molar-refractivity contribution in [1.82, 2.24) is 25.1 Å². The molecule has 10 nitrogen and oxygen atoms in total. The van der Waals surface area contributed by atoms with E-state index in [2.05, 4.69) is 26.1 Å². The molecule has 0 radical (unpaired) electrons. The van der Waals surface area contributed by atoms with Crippen molar-refractivity contribution in [1.29, 1.82) is 0 Å². The first-order chi connectivity index (χ1) is 15.8. The number of aromatic amines is 1. The van der Waals surface area contributed by atoms with Crippen molar-refractivity contribution >= 4 is 17.7 Å². The van der Waals surface area contributed by atoms with Gasteiger partial charge in [0.05, 0.1) is 24.3 Å². The van der Waals surface area contributed by atoms with E-state index in [0.717, 1.165) is 12.4 Å². The first-order valence-electron chi connectivity index (χ1n) is 10.1. The number of hydrogen-bond donors (Lipinski definition) is 1. The normalized spacial score (nSPS) is 19.3. The van der Waals surface area contributed by atoms with Gasteiger partial charge < -0.3 is 19.4 Å². The predicted molar refractivity (Wildman–Crippen MR) is 111 cm³/mol. The Morgan fingerprint density at radius 1 is 1.18 bits per heavy atom. The number of aromatic nitrogens is 4. The number of nitrogens with zero attached hydrogens (tertiary/aromatic N) is 6. The topological polar surface area (TPSA) is 108 Å². The fourth-order valence-electron chi connectivity index (χ4n) is 3.70. The lowest BCUT2D eigenvalue weighted by molar-refractivity contribution is -0.138. The van der Waals surface area contributed by atoms with Crippen LogP contribution in [0, 0.1) is 12.3 Å². The van der Waals surface area contributed by atoms with Crippen molar-refractivity contribution in [2.45, 2.75) is 12.2 Å². The molecule has 0 spiro atoms. The maximum atomic E-state index is 13.2. The molecule has 2 aliphatic heterocycles. The molecule has 4 rings (SSSR count). The zero-order chi connectivity index (χ0) is 23.6. The lowest BCUT2D eigenvalue weighted by Gasteiger charge is -2.41. The molecule has 2 aliphatic rings. The third-order valence-corrected chi connectivity index (χ3v) is 5.49. The Balaban J connectivity index is 1.43. The molecule has 2 saturated heterocycles. The summed E-state index contributed by atoms with van der Waals surface area (Å²) < 4.78 is 43.6. The van der Waals surface area contributed by atoms with Crippen molar-refractivity contribution in [2.75, 3.05) is 55.7 Å². The van der Waals surface area contributed by atoms with Gasteiger partial charge in [0.2, 0.25) is 11.9 Å². The molecule has 0 bridgehead atoms. The van der Waals surface area contributed by atoms with Gasteiger partial charge in [0.1, 0.15) is 6.04 Å². The Hall–Kier alpha value is -3.66. The Morgan fingerprint density at radius 3 is 2.52 bits per heavy atom. The lowest BCUT2D eigenvalue weighted by atomic mass is 10.1. The number of nitrogens with one attached hydrogen (secondary N) is 1. The smallest absolute Gasteiger partial charge is 0.377 e. The van der Waals surface area contributed by atoms with Gasteiger partial charge in [-0.15, -0.1) is 6.42 Å². The highest BCUT2D eigenvalue weighted by molar-refractivity contribution is 5.85. The number of H-pyrrole nitrogens is 1. The van der Waals surface area contributed by atoms with E-state index in [1.165, 1.54) is 6.07 Å². The fourth-order valence-corrected chi connectivity index (χ4v) is 3.70. The van der Waals surface area contributed by atoms with Crippen LogP contribution in [0.15, 0.2) is 23.3 Å². The largest absolute Gasteiger partial charge is 0.419 e. The Bertz CT molecular complexity index is 1110. The van der Waals surface area contributed by atoms with Gasteiger partial charge in [-0.3, -0.25) is 9.59 Å². The summed E-state index contributed by atoms with van der Waals surface area (Å²) in [5.74, 6) is 2.67. The number of morpholine rings is 1. The summed E-state index contributed by atoms with van der Waals surface area (Å²) in [5.41, 5.74) is -1.29. The number of amides is 1. The molecule has 4 heterocycles. The van der Waals surface area contributed by atoms with Crippen LogP contribution >= 0.6 is 0 Å². The minimum absolute atomic E-state index is 0.114. The van der Waals surface area contributed by atoms with Gasteiger partial charge in [0.15, 0.2) is 5.82 Å². The van der Waals surface area contributed by atoms with E-state index in [4.69, 9.17) is 11.2 Å². The number of carbonyl (C=O) groups excluding carboxylic acids is 1. The minimum atomic E-state index is -4.50. The highest BCUT2D eigenvalue weighted by Crippen LogP contribution is 2.28. The first kappa shape index (κ1) is 22.5. The van der Waals surface area contributed by atoms with Crippen LogP contribution in [0.5, 0.6) is 0 Å². The van der Waals surface area contributed by atoms with Crippen molar-refractivity contribution in [2.24, 2.45) is 0 Å². The molecule has 1 atom stereocenters. The second-order valence-corrected chi connectivity index (χ2v) is 7.48. The summed E-state index contributed by atoms with van der Waals surface area (Å²) in [6.07, 6.45) is 2.36. The number of alkyl halides is 3. The molecule has 0 aliphatic carbocycles. The number of terminal acetylenes is 1. The van der Waals surface area contributed by atoms with Crippen LogP contribution in [0.3, 0.4) is 0 Å². The molecule has 2 aromatic heterocycles. The number of halogens is 3. The molecule has 0 saturated carbocycles. The van der Waals surface area contributed by atoms with E-state index in [1.807, 2.05) is 0 Å². The number of piperazine rings is 1. The van der Waals surface area contributed by atoms with Gasteiger partial charge in [0.25, 0.3) is 5.56 Å². The highest BCUT2D eigenvalue weighted by atomic mass is 19.4. The second kappa shape index (κ2) is 9.07. The molecular formula is C20H20F3N7O3. The van der Waals surface area contributed by atoms with E-state index in [9.17, 15) is 22.8 Å². The maximum absolute atomic E-state index is 13.2. The molecule has 1 amide bonds. The van der Waals surface area contributed by atoms with Gasteiger partial charge in [0, 0.05) is 51.2 Å². The average molecular weight is 463 g/mol. The fraction of sp³-hybridized carbons (Fsp3) is 0.450. The van der Waals surface area contributed by atoms with Crippen LogP contribution in [-0.2, 0) is 15.7 Å². The molecule has 1 N–H and O–H groups in total. The summed E-state index contributed by atoms with van der Waals surface area (Å²) in [7, 11) is 0. The number of carbonyl (C=O) groups is 1. The maximum Gasteiger partial charge on any atom is 0.419 e. The number of ether oxygens (including phenoxy) is 1. The van der Waals surface area contributed by atoms with E-state index in [1.54, 1.807) is 14.7 Å². The summed E-state index contributed by atoms with van der Waals surface area (Å²) >= 11 is 0. The summed E-state index contributed by atoms with van der Waals surface area (Å²) in [4.78, 5) is 37.7. The molecule has 2 fully saturated rings. The van der Waals surface area contributed by atoms with Crippen LogP contribution in [0.25, 0.3) is 0 Å². The van der Waals surface area contributed by atoms with Crippen LogP contribution in [0.1, 0.15) is 11.1 Å². The van der Waals surface area contributed by atoms with E-state index in [0.29, 0.717) is 45.1 Å². The zero-order valence-electron chi connectivity index (χ0n) is 17.4. The van der Waals surface area contributed by atoms with Crippen molar-refractivity contribution in [3.63, 3.8) is 0 Å². The second-order valence-electron chi connectivity index (χ2n) is 7.48. The third kappa shape index (κ3) is 4.75. The molecule has 13 heteroatoms. The van der Waals surface area contributed by atoms with E-state index >= 15 is 0 Å². The molecule has 1 unspecified atom stereocenters. The van der Waals surface area contributed by atoms with Crippen LogP contribution in [0.2, 0.25) is 0 Å². The van der Waals surface area contributed by atoms with Gasteiger partial charge in [-0.25, -0.2) is 15.1 Å². The lowest BCUT2D eigenvalue weighted by Crippen LogP contribution is -2.59. The Morgan fingerprint density at radius 2 is 1.88 bits per heavy atom. The van der Waals surface area contributed by atoms with E-state index < -0.39 is 23.3 Å². The summed E-state index contributed by atoms with van der Waals surface area (Å²) in [6, 6.07) is 0.807. The van der Waals surface area contributed by atoms with Crippen molar-refractivity contribution < 1.29 is 22.7 Å². The van der Waals surface area contributed by atoms with Gasteiger partial charge in [-0.05, 0) is 0 Å². The first-order valence-corrected chi connectivity index (χ1v) is 10.1. The molecule has 33 heavy (non-hydrogen) atoms. The summed E-state index contributed by atoms with van der Waals surface area (Å²) in [6.45, 7) is 2.32. The average Bonchev–Trinajstić information content (AvgIpc) is 2.83.